The molecular weight excluding hydrogens is 270 g/mol. The summed E-state index contributed by atoms with van der Waals surface area (Å²) in [6, 6.07) is 11.5. The average Bonchev–Trinajstić information content (AvgIpc) is 2.98. The largest absolute Gasteiger partial charge is 0.294 e. The molecule has 2 aromatic rings. The molecule has 3 heteroatoms. The van der Waals surface area contributed by atoms with Crippen molar-refractivity contribution in [3.8, 4) is 0 Å². The molecule has 0 saturated heterocycles. The van der Waals surface area contributed by atoms with Crippen molar-refractivity contribution in [1.29, 1.82) is 0 Å². The van der Waals surface area contributed by atoms with Crippen LogP contribution >= 0.6 is 0 Å². The number of nitrogens with zero attached hydrogens (tertiary/aromatic N) is 3. The fraction of sp³-hybridized carbons (Fsp3) is 0.474. The Morgan fingerprint density at radius 2 is 1.82 bits per heavy atom. The van der Waals surface area contributed by atoms with Crippen molar-refractivity contribution in [1.82, 2.24) is 14.9 Å². The van der Waals surface area contributed by atoms with Gasteiger partial charge in [0.1, 0.15) is 5.82 Å². The summed E-state index contributed by atoms with van der Waals surface area (Å²) in [5.41, 5.74) is 4.19. The maximum Gasteiger partial charge on any atom is 0.128 e. The summed E-state index contributed by atoms with van der Waals surface area (Å²) in [4.78, 5) is 11.6. The van der Waals surface area contributed by atoms with Gasteiger partial charge in [-0.1, -0.05) is 38.1 Å². The molecule has 1 aliphatic carbocycles. The Balaban J connectivity index is 1.73. The molecule has 1 aromatic carbocycles. The van der Waals surface area contributed by atoms with Crippen LogP contribution in [0.4, 0.5) is 0 Å². The van der Waals surface area contributed by atoms with E-state index in [-0.39, 0.29) is 0 Å². The Morgan fingerprint density at radius 3 is 2.45 bits per heavy atom. The first kappa shape index (κ1) is 15.2. The summed E-state index contributed by atoms with van der Waals surface area (Å²) in [6.07, 6.45) is 6.31. The van der Waals surface area contributed by atoms with Gasteiger partial charge in [0.15, 0.2) is 0 Å². The van der Waals surface area contributed by atoms with Crippen LogP contribution in [0.5, 0.6) is 0 Å². The minimum Gasteiger partial charge on any atom is -0.294 e. The Bertz CT molecular complexity index is 599. The van der Waals surface area contributed by atoms with Crippen LogP contribution in [0.3, 0.4) is 0 Å². The SMILES string of the molecule is CCCN(Cc1ccnc(CC)n1)C1Cc2ccccc2C1. The van der Waals surface area contributed by atoms with Crippen LogP contribution in [0, 0.1) is 0 Å². The molecule has 0 spiro atoms. The Labute approximate surface area is 133 Å². The zero-order valence-electron chi connectivity index (χ0n) is 13.6. The van der Waals surface area contributed by atoms with Crippen LogP contribution in [0.1, 0.15) is 42.9 Å². The molecule has 0 radical (unpaired) electrons. The van der Waals surface area contributed by atoms with E-state index in [0.717, 1.165) is 31.0 Å². The van der Waals surface area contributed by atoms with Crippen molar-refractivity contribution in [3.05, 3.63) is 59.2 Å². The Hall–Kier alpha value is -1.74. The topological polar surface area (TPSA) is 29.0 Å². The highest BCUT2D eigenvalue weighted by atomic mass is 15.2. The summed E-state index contributed by atoms with van der Waals surface area (Å²) in [6.45, 7) is 6.43. The quantitative estimate of drug-likeness (QED) is 0.817. The molecule has 0 N–H and O–H groups in total. The van der Waals surface area contributed by atoms with Crippen molar-refractivity contribution in [3.63, 3.8) is 0 Å². The molecule has 1 aromatic heterocycles. The number of hydrogen-bond acceptors (Lipinski definition) is 3. The molecule has 3 rings (SSSR count). The zero-order valence-corrected chi connectivity index (χ0v) is 13.6. The third-order valence-corrected chi connectivity index (χ3v) is 4.50. The first-order valence-corrected chi connectivity index (χ1v) is 8.41. The van der Waals surface area contributed by atoms with Gasteiger partial charge in [0.05, 0.1) is 5.69 Å². The summed E-state index contributed by atoms with van der Waals surface area (Å²) < 4.78 is 0. The highest BCUT2D eigenvalue weighted by Crippen LogP contribution is 2.26. The van der Waals surface area contributed by atoms with Gasteiger partial charge in [0.25, 0.3) is 0 Å². The van der Waals surface area contributed by atoms with E-state index in [1.54, 1.807) is 0 Å². The van der Waals surface area contributed by atoms with Gasteiger partial charge in [0.2, 0.25) is 0 Å². The van der Waals surface area contributed by atoms with Gasteiger partial charge >= 0.3 is 0 Å². The lowest BCUT2D eigenvalue weighted by Crippen LogP contribution is -2.36. The van der Waals surface area contributed by atoms with Gasteiger partial charge in [-0.15, -0.1) is 0 Å². The van der Waals surface area contributed by atoms with E-state index in [0.29, 0.717) is 6.04 Å². The second-order valence-electron chi connectivity index (χ2n) is 6.12. The third-order valence-electron chi connectivity index (χ3n) is 4.50. The van der Waals surface area contributed by atoms with Gasteiger partial charge in [-0.2, -0.15) is 0 Å². The Kier molecular flexibility index (Phi) is 4.84. The van der Waals surface area contributed by atoms with Crippen LogP contribution in [0.15, 0.2) is 36.5 Å². The van der Waals surface area contributed by atoms with Crippen molar-refractivity contribution in [2.45, 2.75) is 52.1 Å². The van der Waals surface area contributed by atoms with Crippen molar-refractivity contribution in [2.24, 2.45) is 0 Å². The average molecular weight is 295 g/mol. The molecule has 22 heavy (non-hydrogen) atoms. The summed E-state index contributed by atoms with van der Waals surface area (Å²) in [7, 11) is 0. The van der Waals surface area contributed by atoms with Gasteiger partial charge in [0, 0.05) is 25.2 Å². The summed E-state index contributed by atoms with van der Waals surface area (Å²) >= 11 is 0. The fourth-order valence-electron chi connectivity index (χ4n) is 3.38. The molecule has 0 aliphatic heterocycles. The van der Waals surface area contributed by atoms with Crippen LogP contribution in [0.25, 0.3) is 0 Å². The van der Waals surface area contributed by atoms with E-state index in [9.17, 15) is 0 Å². The zero-order chi connectivity index (χ0) is 15.4. The normalized spacial score (nSPS) is 14.5. The minimum atomic E-state index is 0.609. The lowest BCUT2D eigenvalue weighted by Gasteiger charge is -2.28. The van der Waals surface area contributed by atoms with Gasteiger partial charge in [-0.25, -0.2) is 9.97 Å². The van der Waals surface area contributed by atoms with E-state index in [4.69, 9.17) is 0 Å². The van der Waals surface area contributed by atoms with Crippen molar-refractivity contribution < 1.29 is 0 Å². The van der Waals surface area contributed by atoms with Crippen LogP contribution in [-0.4, -0.2) is 27.5 Å². The molecule has 0 atom stereocenters. The highest BCUT2D eigenvalue weighted by Gasteiger charge is 2.26. The number of hydrogen-bond donors (Lipinski definition) is 0. The first-order chi connectivity index (χ1) is 10.8. The fourth-order valence-corrected chi connectivity index (χ4v) is 3.38. The molecule has 1 heterocycles. The summed E-state index contributed by atoms with van der Waals surface area (Å²) in [5, 5.41) is 0. The molecule has 0 fully saturated rings. The van der Waals surface area contributed by atoms with E-state index in [2.05, 4.69) is 59.0 Å². The molecule has 116 valence electrons. The maximum absolute atomic E-state index is 4.68. The maximum atomic E-state index is 4.68. The Morgan fingerprint density at radius 1 is 1.09 bits per heavy atom. The molecule has 1 aliphatic rings. The molecular formula is C19H25N3. The second kappa shape index (κ2) is 7.01. The first-order valence-electron chi connectivity index (χ1n) is 8.41. The predicted molar refractivity (Wildman–Crippen MR) is 89.7 cm³/mol. The lowest BCUT2D eigenvalue weighted by molar-refractivity contribution is 0.190. The van der Waals surface area contributed by atoms with Crippen molar-refractivity contribution in [2.75, 3.05) is 6.54 Å². The van der Waals surface area contributed by atoms with Gasteiger partial charge in [-0.3, -0.25) is 4.90 Å². The minimum absolute atomic E-state index is 0.609. The smallest absolute Gasteiger partial charge is 0.128 e. The van der Waals surface area contributed by atoms with E-state index in [1.165, 1.54) is 30.4 Å². The standard InChI is InChI=1S/C19H25N3/c1-3-11-22(14-17-9-10-20-19(4-2)21-17)18-12-15-7-5-6-8-16(15)13-18/h5-10,18H,3-4,11-14H2,1-2H3. The predicted octanol–water partition coefficient (Wildman–Crippen LogP) is 3.42. The lowest BCUT2D eigenvalue weighted by atomic mass is 10.1. The number of fused-ring (bicyclic) bond motifs is 1. The highest BCUT2D eigenvalue weighted by molar-refractivity contribution is 5.33. The summed E-state index contributed by atoms with van der Waals surface area (Å²) in [5.74, 6) is 0.948. The third kappa shape index (κ3) is 3.36. The number of rotatable bonds is 6. The molecule has 0 amide bonds. The van der Waals surface area contributed by atoms with E-state index < -0.39 is 0 Å². The van der Waals surface area contributed by atoms with E-state index in [1.807, 2.05) is 6.20 Å². The van der Waals surface area contributed by atoms with Gasteiger partial charge in [-0.05, 0) is 43.0 Å². The van der Waals surface area contributed by atoms with E-state index >= 15 is 0 Å². The molecule has 3 nitrogen and oxygen atoms in total. The number of aromatic nitrogens is 2. The number of aryl methyl sites for hydroxylation is 1. The number of benzene rings is 1. The monoisotopic (exact) mass is 295 g/mol. The molecule has 0 unspecified atom stereocenters. The second-order valence-corrected chi connectivity index (χ2v) is 6.12. The molecule has 0 saturated carbocycles. The van der Waals surface area contributed by atoms with Crippen molar-refractivity contribution >= 4 is 0 Å². The van der Waals surface area contributed by atoms with Crippen LogP contribution in [0.2, 0.25) is 0 Å². The van der Waals surface area contributed by atoms with Crippen LogP contribution in [-0.2, 0) is 25.8 Å². The molecule has 0 bridgehead atoms. The van der Waals surface area contributed by atoms with Gasteiger partial charge < -0.3 is 0 Å². The van der Waals surface area contributed by atoms with Crippen LogP contribution < -0.4 is 0 Å².